The summed E-state index contributed by atoms with van der Waals surface area (Å²) in [6.45, 7) is 4.04. The molecule has 0 bridgehead atoms. The second kappa shape index (κ2) is 3.81. The molecule has 1 heterocycles. The molecule has 0 atom stereocenters. The molecule has 0 spiro atoms. The number of nitrogens with one attached hydrogen (secondary N) is 1. The molecular weight excluding hydrogens is 202 g/mol. The summed E-state index contributed by atoms with van der Waals surface area (Å²) in [5, 5.41) is 0. The van der Waals surface area contributed by atoms with Gasteiger partial charge in [0.15, 0.2) is 5.82 Å². The van der Waals surface area contributed by atoms with Crippen LogP contribution in [0.2, 0.25) is 0 Å². The number of aryl methyl sites for hydroxylation is 1. The van der Waals surface area contributed by atoms with E-state index < -0.39 is 0 Å². The van der Waals surface area contributed by atoms with Crippen LogP contribution in [0, 0.1) is 13.8 Å². The van der Waals surface area contributed by atoms with Gasteiger partial charge in [0.05, 0.1) is 11.9 Å². The van der Waals surface area contributed by atoms with Crippen LogP contribution in [0.1, 0.15) is 11.1 Å². The molecular formula is C12H13N3O. The molecule has 4 heteroatoms. The van der Waals surface area contributed by atoms with E-state index in [9.17, 15) is 4.79 Å². The first-order valence-electron chi connectivity index (χ1n) is 5.01. The SMILES string of the molecule is Cc1cccc(-c2cnc(N)c(=O)[nH]2)c1C. The topological polar surface area (TPSA) is 71.8 Å². The van der Waals surface area contributed by atoms with Crippen LogP contribution in [0.4, 0.5) is 5.82 Å². The summed E-state index contributed by atoms with van der Waals surface area (Å²) in [6.07, 6.45) is 1.58. The number of nitrogen functional groups attached to an aromatic ring is 1. The molecule has 0 radical (unpaired) electrons. The largest absolute Gasteiger partial charge is 0.379 e. The Morgan fingerprint density at radius 3 is 2.75 bits per heavy atom. The van der Waals surface area contributed by atoms with Gasteiger partial charge in [0.25, 0.3) is 5.56 Å². The molecule has 0 aliphatic rings. The van der Waals surface area contributed by atoms with Crippen molar-refractivity contribution in [2.45, 2.75) is 13.8 Å². The van der Waals surface area contributed by atoms with Crippen molar-refractivity contribution in [1.82, 2.24) is 9.97 Å². The van der Waals surface area contributed by atoms with Gasteiger partial charge in [-0.15, -0.1) is 0 Å². The average molecular weight is 215 g/mol. The first-order valence-corrected chi connectivity index (χ1v) is 5.01. The highest BCUT2D eigenvalue weighted by atomic mass is 16.1. The van der Waals surface area contributed by atoms with Crippen LogP contribution < -0.4 is 11.3 Å². The predicted molar refractivity (Wildman–Crippen MR) is 64.2 cm³/mol. The van der Waals surface area contributed by atoms with E-state index >= 15 is 0 Å². The number of anilines is 1. The molecule has 0 unspecified atom stereocenters. The van der Waals surface area contributed by atoms with Gasteiger partial charge >= 0.3 is 0 Å². The summed E-state index contributed by atoms with van der Waals surface area (Å²) in [4.78, 5) is 17.9. The lowest BCUT2D eigenvalue weighted by Crippen LogP contribution is -2.14. The molecule has 0 saturated heterocycles. The summed E-state index contributed by atoms with van der Waals surface area (Å²) in [6, 6.07) is 5.93. The number of rotatable bonds is 1. The van der Waals surface area contributed by atoms with Crippen LogP contribution in [0.25, 0.3) is 11.3 Å². The van der Waals surface area contributed by atoms with E-state index in [1.54, 1.807) is 6.20 Å². The van der Waals surface area contributed by atoms with Crippen LogP contribution >= 0.6 is 0 Å². The highest BCUT2D eigenvalue weighted by Gasteiger charge is 2.05. The molecule has 0 saturated carbocycles. The van der Waals surface area contributed by atoms with E-state index in [0.29, 0.717) is 5.69 Å². The monoisotopic (exact) mass is 215 g/mol. The average Bonchev–Trinajstić information content (AvgIpc) is 2.26. The van der Waals surface area contributed by atoms with E-state index in [4.69, 9.17) is 5.73 Å². The summed E-state index contributed by atoms with van der Waals surface area (Å²) in [5.74, 6) is -0.00550. The van der Waals surface area contributed by atoms with Crippen LogP contribution in [0.5, 0.6) is 0 Å². The first-order chi connectivity index (χ1) is 7.59. The zero-order chi connectivity index (χ0) is 11.7. The molecule has 16 heavy (non-hydrogen) atoms. The number of benzene rings is 1. The van der Waals surface area contributed by atoms with E-state index in [2.05, 4.69) is 9.97 Å². The molecule has 0 fully saturated rings. The fourth-order valence-corrected chi connectivity index (χ4v) is 1.59. The third-order valence-corrected chi connectivity index (χ3v) is 2.71. The maximum Gasteiger partial charge on any atom is 0.290 e. The Kier molecular flexibility index (Phi) is 2.48. The Bertz CT molecular complexity index is 587. The Hall–Kier alpha value is -2.10. The highest BCUT2D eigenvalue weighted by Crippen LogP contribution is 2.22. The smallest absolute Gasteiger partial charge is 0.290 e. The Balaban J connectivity index is 2.63. The second-order valence-electron chi connectivity index (χ2n) is 3.76. The molecule has 0 aliphatic carbocycles. The van der Waals surface area contributed by atoms with Crippen LogP contribution in [0.15, 0.2) is 29.2 Å². The molecule has 82 valence electrons. The molecule has 1 aromatic heterocycles. The first kappa shape index (κ1) is 10.4. The van der Waals surface area contributed by atoms with Crippen molar-refractivity contribution >= 4 is 5.82 Å². The van der Waals surface area contributed by atoms with Crippen molar-refractivity contribution in [2.24, 2.45) is 0 Å². The predicted octanol–water partition coefficient (Wildman–Crippen LogP) is 1.64. The third-order valence-electron chi connectivity index (χ3n) is 2.71. The lowest BCUT2D eigenvalue weighted by atomic mass is 10.0. The number of hydrogen-bond donors (Lipinski definition) is 2. The quantitative estimate of drug-likeness (QED) is 0.759. The number of H-pyrrole nitrogens is 1. The molecule has 4 nitrogen and oxygen atoms in total. The fraction of sp³-hybridized carbons (Fsp3) is 0.167. The van der Waals surface area contributed by atoms with Crippen molar-refractivity contribution in [2.75, 3.05) is 5.73 Å². The van der Waals surface area contributed by atoms with Crippen LogP contribution in [-0.4, -0.2) is 9.97 Å². The van der Waals surface area contributed by atoms with Gasteiger partial charge in [-0.1, -0.05) is 18.2 Å². The van der Waals surface area contributed by atoms with Gasteiger partial charge < -0.3 is 10.7 Å². The molecule has 3 N–H and O–H groups in total. The molecule has 0 aliphatic heterocycles. The highest BCUT2D eigenvalue weighted by molar-refractivity contribution is 5.64. The molecule has 1 aromatic carbocycles. The van der Waals surface area contributed by atoms with Crippen molar-refractivity contribution < 1.29 is 0 Å². The number of aromatic nitrogens is 2. The zero-order valence-corrected chi connectivity index (χ0v) is 9.24. The van der Waals surface area contributed by atoms with Gasteiger partial charge in [0, 0.05) is 5.56 Å². The number of hydrogen-bond acceptors (Lipinski definition) is 3. The Morgan fingerprint density at radius 2 is 2.06 bits per heavy atom. The van der Waals surface area contributed by atoms with Gasteiger partial charge in [0.1, 0.15) is 0 Å². The minimum atomic E-state index is -0.349. The molecule has 2 aromatic rings. The van der Waals surface area contributed by atoms with Crippen LogP contribution in [-0.2, 0) is 0 Å². The zero-order valence-electron chi connectivity index (χ0n) is 9.24. The normalized spacial score (nSPS) is 10.4. The summed E-state index contributed by atoms with van der Waals surface area (Å²) >= 11 is 0. The van der Waals surface area contributed by atoms with E-state index in [0.717, 1.165) is 11.1 Å². The fourth-order valence-electron chi connectivity index (χ4n) is 1.59. The van der Waals surface area contributed by atoms with Gasteiger partial charge in [0.2, 0.25) is 0 Å². The lowest BCUT2D eigenvalue weighted by molar-refractivity contribution is 1.15. The minimum absolute atomic E-state index is 0.00550. The summed E-state index contributed by atoms with van der Waals surface area (Å²) in [7, 11) is 0. The van der Waals surface area contributed by atoms with Crippen molar-refractivity contribution in [3.8, 4) is 11.3 Å². The van der Waals surface area contributed by atoms with Gasteiger partial charge in [-0.25, -0.2) is 4.98 Å². The molecule has 0 amide bonds. The number of aromatic amines is 1. The van der Waals surface area contributed by atoms with Crippen molar-refractivity contribution in [1.29, 1.82) is 0 Å². The van der Waals surface area contributed by atoms with Gasteiger partial charge in [-0.2, -0.15) is 0 Å². The van der Waals surface area contributed by atoms with Crippen molar-refractivity contribution in [3.63, 3.8) is 0 Å². The standard InChI is InChI=1S/C12H13N3O/c1-7-4-3-5-9(8(7)2)10-6-14-11(13)12(16)15-10/h3-6H,1-2H3,(H2,13,14)(H,15,16). The van der Waals surface area contributed by atoms with Crippen LogP contribution in [0.3, 0.4) is 0 Å². The Morgan fingerprint density at radius 1 is 1.31 bits per heavy atom. The Labute approximate surface area is 93.2 Å². The lowest BCUT2D eigenvalue weighted by Gasteiger charge is -2.07. The number of nitrogens with two attached hydrogens (primary N) is 1. The maximum absolute atomic E-state index is 11.4. The van der Waals surface area contributed by atoms with E-state index in [-0.39, 0.29) is 11.4 Å². The minimum Gasteiger partial charge on any atom is -0.379 e. The van der Waals surface area contributed by atoms with E-state index in [1.807, 2.05) is 32.0 Å². The number of nitrogens with zero attached hydrogens (tertiary/aromatic N) is 1. The summed E-state index contributed by atoms with van der Waals surface area (Å²) < 4.78 is 0. The maximum atomic E-state index is 11.4. The van der Waals surface area contributed by atoms with Gasteiger partial charge in [-0.3, -0.25) is 4.79 Å². The van der Waals surface area contributed by atoms with Gasteiger partial charge in [-0.05, 0) is 25.0 Å². The van der Waals surface area contributed by atoms with Crippen molar-refractivity contribution in [3.05, 3.63) is 45.9 Å². The third kappa shape index (κ3) is 1.69. The second-order valence-corrected chi connectivity index (χ2v) is 3.76. The van der Waals surface area contributed by atoms with E-state index in [1.165, 1.54) is 5.56 Å². The molecule has 2 rings (SSSR count). The summed E-state index contributed by atoms with van der Waals surface area (Å²) in [5.41, 5.74) is 9.01.